The van der Waals surface area contributed by atoms with Crippen molar-refractivity contribution in [3.05, 3.63) is 70.9 Å². The monoisotopic (exact) mass is 418 g/mol. The van der Waals surface area contributed by atoms with Crippen LogP contribution in [0.3, 0.4) is 0 Å². The number of para-hydroxylation sites is 1. The minimum atomic E-state index is -4.00. The van der Waals surface area contributed by atoms with Crippen molar-refractivity contribution in [3.63, 3.8) is 0 Å². The summed E-state index contributed by atoms with van der Waals surface area (Å²) >= 11 is 6.23. The number of carbonyl (C=O) groups excluding carboxylic acids is 1. The number of benzene rings is 2. The molecule has 1 N–H and O–H groups in total. The van der Waals surface area contributed by atoms with Crippen LogP contribution in [0, 0.1) is 6.92 Å². The number of nitrogens with zero attached hydrogens (tertiary/aromatic N) is 1. The van der Waals surface area contributed by atoms with Gasteiger partial charge < -0.3 is 4.74 Å². The standard InChI is InChI=1S/C20H19ClN2O4S/c1-13-10-14-6-5-9-18(20(14)22-12-13)28(25,26)23-17(11-19(24)27-2)15-7-3-4-8-16(15)21/h3-10,12,17,23H,11H2,1-2H3/t17-/m0/s1. The molecule has 1 heterocycles. The molecule has 0 bridgehead atoms. The summed E-state index contributed by atoms with van der Waals surface area (Å²) < 4.78 is 33.6. The first-order valence-electron chi connectivity index (χ1n) is 8.51. The smallest absolute Gasteiger partial charge is 0.307 e. The molecule has 0 radical (unpaired) electrons. The Bertz CT molecular complexity index is 1130. The molecule has 2 aromatic carbocycles. The first kappa shape index (κ1) is 20.3. The lowest BCUT2D eigenvalue weighted by molar-refractivity contribution is -0.141. The van der Waals surface area contributed by atoms with E-state index in [4.69, 9.17) is 16.3 Å². The summed E-state index contributed by atoms with van der Waals surface area (Å²) in [6, 6.07) is 12.7. The molecule has 28 heavy (non-hydrogen) atoms. The number of rotatable bonds is 6. The van der Waals surface area contributed by atoms with Crippen molar-refractivity contribution in [3.8, 4) is 0 Å². The molecule has 8 heteroatoms. The highest BCUT2D eigenvalue weighted by molar-refractivity contribution is 7.89. The van der Waals surface area contributed by atoms with Crippen molar-refractivity contribution in [1.29, 1.82) is 0 Å². The largest absolute Gasteiger partial charge is 0.469 e. The predicted molar refractivity (Wildman–Crippen MR) is 108 cm³/mol. The molecule has 1 atom stereocenters. The Kier molecular flexibility index (Phi) is 5.98. The summed E-state index contributed by atoms with van der Waals surface area (Å²) in [6.45, 7) is 1.88. The first-order valence-corrected chi connectivity index (χ1v) is 10.4. The molecule has 1 aromatic heterocycles. The Balaban J connectivity index is 2.05. The van der Waals surface area contributed by atoms with E-state index in [0.29, 0.717) is 21.5 Å². The summed E-state index contributed by atoms with van der Waals surface area (Å²) in [4.78, 5) is 16.2. The zero-order valence-corrected chi connectivity index (χ0v) is 16.9. The zero-order chi connectivity index (χ0) is 20.3. The SMILES string of the molecule is COC(=O)C[C@H](NS(=O)(=O)c1cccc2cc(C)cnc12)c1ccccc1Cl. The number of methoxy groups -OCH3 is 1. The van der Waals surface area contributed by atoms with Gasteiger partial charge in [-0.1, -0.05) is 41.9 Å². The first-order chi connectivity index (χ1) is 13.3. The average Bonchev–Trinajstić information content (AvgIpc) is 2.66. The van der Waals surface area contributed by atoms with Crippen molar-refractivity contribution in [2.75, 3.05) is 7.11 Å². The Hall–Kier alpha value is -2.48. The van der Waals surface area contributed by atoms with Crippen molar-refractivity contribution >= 4 is 38.5 Å². The molecule has 3 aromatic rings. The maximum absolute atomic E-state index is 13.1. The third-order valence-corrected chi connectivity index (χ3v) is 6.12. The van der Waals surface area contributed by atoms with Crippen molar-refractivity contribution in [1.82, 2.24) is 9.71 Å². The summed E-state index contributed by atoms with van der Waals surface area (Å²) in [7, 11) is -2.75. The number of aromatic nitrogens is 1. The highest BCUT2D eigenvalue weighted by Crippen LogP contribution is 2.29. The molecule has 0 aliphatic carbocycles. The zero-order valence-electron chi connectivity index (χ0n) is 15.3. The van der Waals surface area contributed by atoms with Gasteiger partial charge in [-0.3, -0.25) is 9.78 Å². The van der Waals surface area contributed by atoms with Crippen LogP contribution in [-0.2, 0) is 19.6 Å². The molecule has 0 spiro atoms. The predicted octanol–water partition coefficient (Wildman–Crippen LogP) is 3.78. The number of halogens is 1. The normalized spacial score (nSPS) is 12.7. The second-order valence-electron chi connectivity index (χ2n) is 6.32. The molecular formula is C20H19ClN2O4S. The van der Waals surface area contributed by atoms with E-state index in [1.165, 1.54) is 13.2 Å². The molecule has 0 amide bonds. The van der Waals surface area contributed by atoms with Gasteiger partial charge in [0, 0.05) is 16.6 Å². The van der Waals surface area contributed by atoms with Gasteiger partial charge >= 0.3 is 5.97 Å². The van der Waals surface area contributed by atoms with E-state index in [-0.39, 0.29) is 11.3 Å². The number of sulfonamides is 1. The molecular weight excluding hydrogens is 400 g/mol. The molecule has 6 nitrogen and oxygen atoms in total. The Morgan fingerprint density at radius 2 is 1.96 bits per heavy atom. The van der Waals surface area contributed by atoms with Gasteiger partial charge in [-0.05, 0) is 36.2 Å². The van der Waals surface area contributed by atoms with E-state index < -0.39 is 22.0 Å². The van der Waals surface area contributed by atoms with Gasteiger partial charge in [-0.25, -0.2) is 13.1 Å². The number of ether oxygens (including phenoxy) is 1. The second-order valence-corrected chi connectivity index (χ2v) is 8.41. The van der Waals surface area contributed by atoms with E-state index in [1.54, 1.807) is 42.6 Å². The molecule has 3 rings (SSSR count). The fourth-order valence-corrected chi connectivity index (χ4v) is 4.60. The van der Waals surface area contributed by atoms with Crippen molar-refractivity contribution < 1.29 is 17.9 Å². The molecule has 146 valence electrons. The fraction of sp³-hybridized carbons (Fsp3) is 0.200. The summed E-state index contributed by atoms with van der Waals surface area (Å²) in [5.41, 5.74) is 1.77. The number of carbonyl (C=O) groups is 1. The van der Waals surface area contributed by atoms with Gasteiger partial charge in [0.2, 0.25) is 10.0 Å². The molecule has 0 aliphatic rings. The maximum atomic E-state index is 13.1. The quantitative estimate of drug-likeness (QED) is 0.616. The van der Waals surface area contributed by atoms with Crippen LogP contribution in [0.1, 0.15) is 23.6 Å². The summed E-state index contributed by atoms with van der Waals surface area (Å²) in [5, 5.41) is 1.07. The van der Waals surface area contributed by atoms with Crippen molar-refractivity contribution in [2.45, 2.75) is 24.3 Å². The van der Waals surface area contributed by atoms with E-state index >= 15 is 0 Å². The third-order valence-electron chi connectivity index (χ3n) is 4.28. The maximum Gasteiger partial charge on any atom is 0.307 e. The number of hydrogen-bond donors (Lipinski definition) is 1. The van der Waals surface area contributed by atoms with Crippen LogP contribution in [-0.4, -0.2) is 26.5 Å². The Morgan fingerprint density at radius 1 is 1.21 bits per heavy atom. The van der Waals surface area contributed by atoms with Gasteiger partial charge in [0.15, 0.2) is 0 Å². The highest BCUT2D eigenvalue weighted by Gasteiger charge is 2.27. The number of pyridine rings is 1. The van der Waals surface area contributed by atoms with E-state index in [0.717, 1.165) is 5.56 Å². The van der Waals surface area contributed by atoms with Gasteiger partial charge in [-0.2, -0.15) is 0 Å². The topological polar surface area (TPSA) is 85.4 Å². The average molecular weight is 419 g/mol. The molecule has 0 fully saturated rings. The van der Waals surface area contributed by atoms with Crippen molar-refractivity contribution in [2.24, 2.45) is 0 Å². The Morgan fingerprint density at radius 3 is 2.68 bits per heavy atom. The molecule has 0 aliphatic heterocycles. The Labute approximate surface area is 168 Å². The highest BCUT2D eigenvalue weighted by atomic mass is 35.5. The van der Waals surface area contributed by atoms with E-state index in [1.807, 2.05) is 13.0 Å². The van der Waals surface area contributed by atoms with Gasteiger partial charge in [0.1, 0.15) is 4.90 Å². The lowest BCUT2D eigenvalue weighted by atomic mass is 10.1. The van der Waals surface area contributed by atoms with E-state index in [9.17, 15) is 13.2 Å². The lowest BCUT2D eigenvalue weighted by Crippen LogP contribution is -2.31. The van der Waals surface area contributed by atoms with Crippen LogP contribution in [0.5, 0.6) is 0 Å². The number of aryl methyl sites for hydroxylation is 1. The van der Waals surface area contributed by atoms with Crippen LogP contribution in [0.4, 0.5) is 0 Å². The molecule has 0 unspecified atom stereocenters. The number of fused-ring (bicyclic) bond motifs is 1. The van der Waals surface area contributed by atoms with Crippen LogP contribution in [0.25, 0.3) is 10.9 Å². The van der Waals surface area contributed by atoms with Crippen LogP contribution in [0.2, 0.25) is 5.02 Å². The molecule has 0 saturated heterocycles. The van der Waals surface area contributed by atoms with Crippen LogP contribution < -0.4 is 4.72 Å². The van der Waals surface area contributed by atoms with Crippen LogP contribution in [0.15, 0.2) is 59.6 Å². The molecule has 0 saturated carbocycles. The minimum absolute atomic E-state index is 0.0342. The number of nitrogens with one attached hydrogen (secondary N) is 1. The number of esters is 1. The fourth-order valence-electron chi connectivity index (χ4n) is 2.93. The van der Waals surface area contributed by atoms with E-state index in [2.05, 4.69) is 9.71 Å². The second kappa shape index (κ2) is 8.26. The summed E-state index contributed by atoms with van der Waals surface area (Å²) in [5.74, 6) is -0.556. The van der Waals surface area contributed by atoms with Gasteiger partial charge in [-0.15, -0.1) is 0 Å². The summed E-state index contributed by atoms with van der Waals surface area (Å²) in [6.07, 6.45) is 1.41. The minimum Gasteiger partial charge on any atom is -0.469 e. The van der Waals surface area contributed by atoms with Gasteiger partial charge in [0.25, 0.3) is 0 Å². The van der Waals surface area contributed by atoms with Gasteiger partial charge in [0.05, 0.1) is 25.1 Å². The van der Waals surface area contributed by atoms with Crippen LogP contribution >= 0.6 is 11.6 Å². The number of hydrogen-bond acceptors (Lipinski definition) is 5. The third kappa shape index (κ3) is 4.32. The lowest BCUT2D eigenvalue weighted by Gasteiger charge is -2.20.